The van der Waals surface area contributed by atoms with Crippen LogP contribution in [0.5, 0.6) is 0 Å². The van der Waals surface area contributed by atoms with Crippen LogP contribution in [-0.4, -0.2) is 5.78 Å². The van der Waals surface area contributed by atoms with Crippen molar-refractivity contribution in [2.75, 3.05) is 0 Å². The fourth-order valence-electron chi connectivity index (χ4n) is 1.41. The van der Waals surface area contributed by atoms with Gasteiger partial charge in [0.15, 0.2) is 0 Å². The molecular formula is C15H17BrO. The van der Waals surface area contributed by atoms with E-state index < -0.39 is 0 Å². The number of Topliss-reactive ketones (excluding diaryl/α,β-unsaturated/α-hetero) is 1. The van der Waals surface area contributed by atoms with Gasteiger partial charge in [0.25, 0.3) is 0 Å². The molecule has 2 aromatic carbocycles. The first-order valence-electron chi connectivity index (χ1n) is 5.83. The number of hydrogen-bond acceptors (Lipinski definition) is 1. The molecule has 0 bridgehead atoms. The first-order valence-corrected chi connectivity index (χ1v) is 6.62. The van der Waals surface area contributed by atoms with Gasteiger partial charge >= 0.3 is 0 Å². The van der Waals surface area contributed by atoms with E-state index in [0.29, 0.717) is 18.6 Å². The van der Waals surface area contributed by atoms with E-state index in [9.17, 15) is 4.79 Å². The van der Waals surface area contributed by atoms with Gasteiger partial charge < -0.3 is 0 Å². The summed E-state index contributed by atoms with van der Waals surface area (Å²) in [5.41, 5.74) is 0. The Balaban J connectivity index is 0.000000209. The third-order valence-corrected chi connectivity index (χ3v) is 2.99. The highest BCUT2D eigenvalue weighted by Gasteiger charge is 1.90. The maximum absolute atomic E-state index is 10.2. The lowest BCUT2D eigenvalue weighted by Gasteiger charge is -1.95. The number of benzene rings is 2. The predicted molar refractivity (Wildman–Crippen MR) is 77.2 cm³/mol. The van der Waals surface area contributed by atoms with Crippen molar-refractivity contribution in [3.8, 4) is 0 Å². The highest BCUT2D eigenvalue weighted by molar-refractivity contribution is 9.10. The Morgan fingerprint density at radius 2 is 1.59 bits per heavy atom. The molecule has 2 aromatic rings. The molecule has 0 saturated carbocycles. The van der Waals surface area contributed by atoms with Gasteiger partial charge in [-0.05, 0) is 22.9 Å². The molecule has 0 unspecified atom stereocenters. The molecule has 0 amide bonds. The van der Waals surface area contributed by atoms with Gasteiger partial charge in [-0.3, -0.25) is 4.79 Å². The van der Waals surface area contributed by atoms with Crippen LogP contribution in [0.15, 0.2) is 46.9 Å². The molecule has 0 saturated heterocycles. The minimum Gasteiger partial charge on any atom is -0.300 e. The van der Waals surface area contributed by atoms with Crippen molar-refractivity contribution >= 4 is 32.5 Å². The maximum atomic E-state index is 10.2. The molecule has 0 aromatic heterocycles. The van der Waals surface area contributed by atoms with Crippen LogP contribution in [0.25, 0.3) is 10.8 Å². The predicted octanol–water partition coefficient (Wildman–Crippen LogP) is 4.98. The van der Waals surface area contributed by atoms with E-state index in [1.165, 1.54) is 10.8 Å². The molecule has 0 fully saturated rings. The number of rotatable bonds is 2. The number of fused-ring (bicyclic) bond motifs is 1. The summed E-state index contributed by atoms with van der Waals surface area (Å²) >= 11 is 3.43. The van der Waals surface area contributed by atoms with Crippen molar-refractivity contribution in [3.63, 3.8) is 0 Å². The molecule has 90 valence electrons. The lowest BCUT2D eigenvalue weighted by atomic mass is 10.1. The molecular weight excluding hydrogens is 276 g/mol. The third-order valence-electron chi connectivity index (χ3n) is 2.50. The fraction of sp³-hybridized carbons (Fsp3) is 0.267. The van der Waals surface area contributed by atoms with Crippen LogP contribution in [0, 0.1) is 0 Å². The summed E-state index contributed by atoms with van der Waals surface area (Å²) in [7, 11) is 0. The molecule has 0 aliphatic rings. The number of ketones is 1. The Kier molecular flexibility index (Phi) is 5.92. The second-order valence-corrected chi connectivity index (χ2v) is 4.65. The summed E-state index contributed by atoms with van der Waals surface area (Å²) in [5.74, 6) is 0.343. The first kappa shape index (κ1) is 13.9. The van der Waals surface area contributed by atoms with E-state index >= 15 is 0 Å². The average Bonchev–Trinajstić information content (AvgIpc) is 2.38. The molecule has 1 nitrogen and oxygen atoms in total. The fourth-order valence-corrected chi connectivity index (χ4v) is 1.79. The Bertz CT molecular complexity index is 485. The standard InChI is InChI=1S/C10H7Br.C5H10O/c11-10-6-5-8-3-1-2-4-9(8)7-10;1-3-5(6)4-2/h1-7H;3-4H2,1-2H3. The van der Waals surface area contributed by atoms with Gasteiger partial charge in [0.05, 0.1) is 0 Å². The van der Waals surface area contributed by atoms with Crippen molar-refractivity contribution in [1.29, 1.82) is 0 Å². The summed E-state index contributed by atoms with van der Waals surface area (Å²) < 4.78 is 1.14. The summed E-state index contributed by atoms with van der Waals surface area (Å²) in [6.45, 7) is 3.76. The Morgan fingerprint density at radius 3 is 2.12 bits per heavy atom. The summed E-state index contributed by atoms with van der Waals surface area (Å²) in [5, 5.41) is 2.57. The average molecular weight is 293 g/mol. The molecule has 2 heteroatoms. The van der Waals surface area contributed by atoms with Gasteiger partial charge in [0.1, 0.15) is 5.78 Å². The van der Waals surface area contributed by atoms with Crippen LogP contribution >= 0.6 is 15.9 Å². The van der Waals surface area contributed by atoms with Crippen LogP contribution in [0.1, 0.15) is 26.7 Å². The van der Waals surface area contributed by atoms with Crippen LogP contribution in [-0.2, 0) is 4.79 Å². The normalized spacial score (nSPS) is 9.59. The molecule has 0 heterocycles. The molecule has 0 atom stereocenters. The number of carbonyl (C=O) groups is 1. The third kappa shape index (κ3) is 4.70. The van der Waals surface area contributed by atoms with Crippen LogP contribution in [0.2, 0.25) is 0 Å². The Hall–Kier alpha value is -1.15. The van der Waals surface area contributed by atoms with Crippen LogP contribution < -0.4 is 0 Å². The van der Waals surface area contributed by atoms with Gasteiger partial charge in [0.2, 0.25) is 0 Å². The van der Waals surface area contributed by atoms with Gasteiger partial charge in [-0.1, -0.05) is 60.1 Å². The lowest BCUT2D eigenvalue weighted by Crippen LogP contribution is -1.88. The minimum atomic E-state index is 0.343. The van der Waals surface area contributed by atoms with Crippen molar-refractivity contribution in [1.82, 2.24) is 0 Å². The molecule has 2 rings (SSSR count). The van der Waals surface area contributed by atoms with Gasteiger partial charge in [-0.25, -0.2) is 0 Å². The highest BCUT2D eigenvalue weighted by Crippen LogP contribution is 2.18. The van der Waals surface area contributed by atoms with Crippen molar-refractivity contribution in [3.05, 3.63) is 46.9 Å². The molecule has 0 radical (unpaired) electrons. The van der Waals surface area contributed by atoms with Gasteiger partial charge in [-0.15, -0.1) is 0 Å². The van der Waals surface area contributed by atoms with Crippen molar-refractivity contribution in [2.24, 2.45) is 0 Å². The van der Waals surface area contributed by atoms with E-state index in [1.54, 1.807) is 0 Å². The van der Waals surface area contributed by atoms with Gasteiger partial charge in [0, 0.05) is 17.3 Å². The molecule has 0 aliphatic carbocycles. The highest BCUT2D eigenvalue weighted by atomic mass is 79.9. The second-order valence-electron chi connectivity index (χ2n) is 3.74. The number of halogens is 1. The Labute approximate surface area is 111 Å². The molecule has 0 aliphatic heterocycles. The largest absolute Gasteiger partial charge is 0.300 e. The van der Waals surface area contributed by atoms with Crippen molar-refractivity contribution in [2.45, 2.75) is 26.7 Å². The van der Waals surface area contributed by atoms with E-state index in [-0.39, 0.29) is 0 Å². The SMILES string of the molecule is Brc1ccc2ccccc2c1.CCC(=O)CC. The smallest absolute Gasteiger partial charge is 0.132 e. The topological polar surface area (TPSA) is 17.1 Å². The molecule has 0 N–H and O–H groups in total. The lowest BCUT2D eigenvalue weighted by molar-refractivity contribution is -0.118. The zero-order chi connectivity index (χ0) is 12.7. The summed E-state index contributed by atoms with van der Waals surface area (Å²) in [6.07, 6.45) is 1.38. The zero-order valence-corrected chi connectivity index (χ0v) is 11.8. The van der Waals surface area contributed by atoms with E-state index in [4.69, 9.17) is 0 Å². The summed E-state index contributed by atoms with van der Waals surface area (Å²) in [4.78, 5) is 10.2. The quantitative estimate of drug-likeness (QED) is 0.763. The Morgan fingerprint density at radius 1 is 1.00 bits per heavy atom. The molecule has 17 heavy (non-hydrogen) atoms. The van der Waals surface area contributed by atoms with E-state index in [1.807, 2.05) is 13.8 Å². The maximum Gasteiger partial charge on any atom is 0.132 e. The monoisotopic (exact) mass is 292 g/mol. The van der Waals surface area contributed by atoms with E-state index in [2.05, 4.69) is 58.4 Å². The summed E-state index contributed by atoms with van der Waals surface area (Å²) in [6, 6.07) is 14.6. The number of hydrogen-bond donors (Lipinski definition) is 0. The van der Waals surface area contributed by atoms with Gasteiger partial charge in [-0.2, -0.15) is 0 Å². The van der Waals surface area contributed by atoms with Crippen LogP contribution in [0.3, 0.4) is 0 Å². The first-order chi connectivity index (χ1) is 8.17. The van der Waals surface area contributed by atoms with Crippen LogP contribution in [0.4, 0.5) is 0 Å². The minimum absolute atomic E-state index is 0.343. The number of carbonyl (C=O) groups excluding carboxylic acids is 1. The second kappa shape index (κ2) is 7.23. The van der Waals surface area contributed by atoms with E-state index in [0.717, 1.165) is 4.47 Å². The van der Waals surface area contributed by atoms with Crippen molar-refractivity contribution < 1.29 is 4.79 Å². The zero-order valence-electron chi connectivity index (χ0n) is 10.2. The molecule has 0 spiro atoms.